The SMILES string of the molecule is CCCC1(C(=O)N2CCCC2CO)CCNC1. The van der Waals surface area contributed by atoms with Crippen LogP contribution in [-0.2, 0) is 4.79 Å². The summed E-state index contributed by atoms with van der Waals surface area (Å²) in [4.78, 5) is 14.6. The number of hydrogen-bond donors (Lipinski definition) is 2. The minimum atomic E-state index is -0.188. The van der Waals surface area contributed by atoms with Crippen molar-refractivity contribution >= 4 is 5.91 Å². The molecule has 17 heavy (non-hydrogen) atoms. The number of aliphatic hydroxyl groups excluding tert-OH is 1. The van der Waals surface area contributed by atoms with Gasteiger partial charge in [0.2, 0.25) is 5.91 Å². The fraction of sp³-hybridized carbons (Fsp3) is 0.923. The third-order valence-corrected chi connectivity index (χ3v) is 4.27. The highest BCUT2D eigenvalue weighted by Crippen LogP contribution is 2.35. The molecule has 2 fully saturated rings. The lowest BCUT2D eigenvalue weighted by atomic mass is 9.81. The summed E-state index contributed by atoms with van der Waals surface area (Å²) in [5.74, 6) is 0.279. The van der Waals surface area contributed by atoms with Gasteiger partial charge in [0, 0.05) is 13.1 Å². The average molecular weight is 240 g/mol. The van der Waals surface area contributed by atoms with Gasteiger partial charge in [-0.15, -0.1) is 0 Å². The van der Waals surface area contributed by atoms with Gasteiger partial charge in [0.25, 0.3) is 0 Å². The van der Waals surface area contributed by atoms with Crippen molar-refractivity contribution in [3.05, 3.63) is 0 Å². The number of hydrogen-bond acceptors (Lipinski definition) is 3. The van der Waals surface area contributed by atoms with E-state index in [0.717, 1.165) is 51.7 Å². The van der Waals surface area contributed by atoms with Crippen LogP contribution in [-0.4, -0.2) is 48.2 Å². The van der Waals surface area contributed by atoms with Gasteiger partial charge in [-0.2, -0.15) is 0 Å². The molecule has 2 unspecified atom stereocenters. The van der Waals surface area contributed by atoms with E-state index < -0.39 is 0 Å². The Balaban J connectivity index is 2.10. The summed E-state index contributed by atoms with van der Waals surface area (Å²) in [5, 5.41) is 12.7. The van der Waals surface area contributed by atoms with Crippen molar-refractivity contribution in [1.82, 2.24) is 10.2 Å². The molecule has 0 aromatic rings. The Kier molecular flexibility index (Phi) is 4.05. The molecule has 4 heteroatoms. The number of aliphatic hydroxyl groups is 1. The number of rotatable bonds is 4. The standard InChI is InChI=1S/C13H24N2O2/c1-2-5-13(6-7-14-10-13)12(17)15-8-3-4-11(15)9-16/h11,14,16H,2-10H2,1H3. The van der Waals surface area contributed by atoms with Crippen molar-refractivity contribution in [3.8, 4) is 0 Å². The van der Waals surface area contributed by atoms with E-state index in [9.17, 15) is 9.90 Å². The zero-order valence-electron chi connectivity index (χ0n) is 10.7. The molecule has 2 saturated heterocycles. The van der Waals surface area contributed by atoms with Gasteiger partial charge in [0.05, 0.1) is 18.1 Å². The maximum Gasteiger partial charge on any atom is 0.230 e. The predicted octanol–water partition coefficient (Wildman–Crippen LogP) is 0.749. The lowest BCUT2D eigenvalue weighted by Gasteiger charge is -2.34. The molecule has 0 saturated carbocycles. The lowest BCUT2D eigenvalue weighted by Crippen LogP contribution is -2.48. The number of nitrogens with zero attached hydrogens (tertiary/aromatic N) is 1. The summed E-state index contributed by atoms with van der Waals surface area (Å²) in [7, 11) is 0. The predicted molar refractivity (Wildman–Crippen MR) is 66.6 cm³/mol. The molecule has 1 amide bonds. The average Bonchev–Trinajstić information content (AvgIpc) is 2.97. The van der Waals surface area contributed by atoms with Gasteiger partial charge in [0.1, 0.15) is 0 Å². The summed E-state index contributed by atoms with van der Waals surface area (Å²) in [6.45, 7) is 4.84. The molecule has 0 aromatic heterocycles. The van der Waals surface area contributed by atoms with Gasteiger partial charge in [-0.3, -0.25) is 4.79 Å². The fourth-order valence-electron chi connectivity index (χ4n) is 3.32. The van der Waals surface area contributed by atoms with Gasteiger partial charge < -0.3 is 15.3 Å². The van der Waals surface area contributed by atoms with Crippen LogP contribution in [0.4, 0.5) is 0 Å². The third-order valence-electron chi connectivity index (χ3n) is 4.27. The second-order valence-corrected chi connectivity index (χ2v) is 5.43. The molecule has 2 aliphatic heterocycles. The monoisotopic (exact) mass is 240 g/mol. The molecule has 0 radical (unpaired) electrons. The highest BCUT2D eigenvalue weighted by Gasteiger charge is 2.45. The summed E-state index contributed by atoms with van der Waals surface area (Å²) in [5.41, 5.74) is -0.188. The molecular formula is C13H24N2O2. The molecule has 98 valence electrons. The van der Waals surface area contributed by atoms with E-state index in [0.29, 0.717) is 0 Å². The van der Waals surface area contributed by atoms with Gasteiger partial charge >= 0.3 is 0 Å². The smallest absolute Gasteiger partial charge is 0.230 e. The Bertz CT molecular complexity index is 275. The Morgan fingerprint density at radius 2 is 2.41 bits per heavy atom. The minimum absolute atomic E-state index is 0.0665. The maximum atomic E-state index is 12.7. The second kappa shape index (κ2) is 5.36. The zero-order valence-corrected chi connectivity index (χ0v) is 10.7. The van der Waals surface area contributed by atoms with E-state index in [1.165, 1.54) is 0 Å². The molecule has 2 N–H and O–H groups in total. The zero-order chi connectivity index (χ0) is 12.3. The van der Waals surface area contributed by atoms with Crippen LogP contribution in [0.3, 0.4) is 0 Å². The van der Waals surface area contributed by atoms with Crippen molar-refractivity contribution < 1.29 is 9.90 Å². The normalized spacial score (nSPS) is 33.3. The van der Waals surface area contributed by atoms with Crippen molar-refractivity contribution in [3.63, 3.8) is 0 Å². The van der Waals surface area contributed by atoms with E-state index in [1.807, 2.05) is 4.90 Å². The van der Waals surface area contributed by atoms with Gasteiger partial charge in [0.15, 0.2) is 0 Å². The van der Waals surface area contributed by atoms with Crippen LogP contribution < -0.4 is 5.32 Å². The number of carbonyl (C=O) groups excluding carboxylic acids is 1. The van der Waals surface area contributed by atoms with Crippen molar-refractivity contribution in [1.29, 1.82) is 0 Å². The molecule has 2 aliphatic rings. The number of carbonyl (C=O) groups is 1. The molecular weight excluding hydrogens is 216 g/mol. The van der Waals surface area contributed by atoms with Crippen molar-refractivity contribution in [2.45, 2.75) is 45.1 Å². The molecule has 0 spiro atoms. The van der Waals surface area contributed by atoms with E-state index in [1.54, 1.807) is 0 Å². The molecule has 0 aromatic carbocycles. The van der Waals surface area contributed by atoms with E-state index in [-0.39, 0.29) is 24.0 Å². The first-order chi connectivity index (χ1) is 8.23. The summed E-state index contributed by atoms with van der Waals surface area (Å²) < 4.78 is 0. The summed E-state index contributed by atoms with van der Waals surface area (Å²) in [6, 6.07) is 0.0665. The Labute approximate surface area is 103 Å². The Hall–Kier alpha value is -0.610. The lowest BCUT2D eigenvalue weighted by molar-refractivity contribution is -0.143. The molecule has 2 atom stereocenters. The van der Waals surface area contributed by atoms with Crippen LogP contribution in [0.2, 0.25) is 0 Å². The van der Waals surface area contributed by atoms with E-state index >= 15 is 0 Å². The first-order valence-electron chi connectivity index (χ1n) is 6.86. The fourth-order valence-corrected chi connectivity index (χ4v) is 3.32. The summed E-state index contributed by atoms with van der Waals surface area (Å²) in [6.07, 6.45) is 4.96. The number of nitrogens with one attached hydrogen (secondary N) is 1. The highest BCUT2D eigenvalue weighted by atomic mass is 16.3. The van der Waals surface area contributed by atoms with Crippen LogP contribution in [0.1, 0.15) is 39.0 Å². The van der Waals surface area contributed by atoms with E-state index in [2.05, 4.69) is 12.2 Å². The number of amides is 1. The van der Waals surface area contributed by atoms with Gasteiger partial charge in [-0.1, -0.05) is 13.3 Å². The number of likely N-dealkylation sites (tertiary alicyclic amines) is 1. The summed E-state index contributed by atoms with van der Waals surface area (Å²) >= 11 is 0. The Morgan fingerprint density at radius 3 is 3.00 bits per heavy atom. The van der Waals surface area contributed by atoms with Gasteiger partial charge in [-0.25, -0.2) is 0 Å². The van der Waals surface area contributed by atoms with Crippen LogP contribution in [0.15, 0.2) is 0 Å². The van der Waals surface area contributed by atoms with E-state index in [4.69, 9.17) is 0 Å². The van der Waals surface area contributed by atoms with Crippen LogP contribution >= 0.6 is 0 Å². The van der Waals surface area contributed by atoms with Crippen molar-refractivity contribution in [2.24, 2.45) is 5.41 Å². The Morgan fingerprint density at radius 1 is 1.59 bits per heavy atom. The highest BCUT2D eigenvalue weighted by molar-refractivity contribution is 5.84. The minimum Gasteiger partial charge on any atom is -0.394 e. The maximum absolute atomic E-state index is 12.7. The third kappa shape index (κ3) is 2.33. The van der Waals surface area contributed by atoms with Gasteiger partial charge in [-0.05, 0) is 32.2 Å². The van der Waals surface area contributed by atoms with Crippen molar-refractivity contribution in [2.75, 3.05) is 26.2 Å². The molecule has 0 aliphatic carbocycles. The molecule has 2 rings (SSSR count). The van der Waals surface area contributed by atoms with Crippen LogP contribution in [0.5, 0.6) is 0 Å². The largest absolute Gasteiger partial charge is 0.394 e. The van der Waals surface area contributed by atoms with Crippen LogP contribution in [0.25, 0.3) is 0 Å². The first-order valence-corrected chi connectivity index (χ1v) is 6.86. The topological polar surface area (TPSA) is 52.6 Å². The quantitative estimate of drug-likeness (QED) is 0.762. The second-order valence-electron chi connectivity index (χ2n) is 5.43. The molecule has 2 heterocycles. The molecule has 0 bridgehead atoms. The molecule has 4 nitrogen and oxygen atoms in total. The first kappa shape index (κ1) is 12.8. The van der Waals surface area contributed by atoms with Crippen LogP contribution in [0, 0.1) is 5.41 Å².